The summed E-state index contributed by atoms with van der Waals surface area (Å²) in [6, 6.07) is 6.12. The smallest absolute Gasteiger partial charge is 0.338 e. The zero-order valence-corrected chi connectivity index (χ0v) is 19.2. The van der Waals surface area contributed by atoms with Crippen molar-refractivity contribution in [3.05, 3.63) is 63.0 Å². The van der Waals surface area contributed by atoms with Gasteiger partial charge >= 0.3 is 6.18 Å². The average molecular weight is 504 g/mol. The average Bonchev–Trinajstić information content (AvgIpc) is 3.15. The first kappa shape index (κ1) is 23.4. The quantitative estimate of drug-likeness (QED) is 0.424. The van der Waals surface area contributed by atoms with E-state index in [-0.39, 0.29) is 34.2 Å². The van der Waals surface area contributed by atoms with E-state index >= 15 is 0 Å². The first-order valence-electron chi connectivity index (χ1n) is 9.63. The van der Waals surface area contributed by atoms with Crippen molar-refractivity contribution in [2.45, 2.75) is 44.3 Å². The molecule has 0 radical (unpaired) electrons. The van der Waals surface area contributed by atoms with E-state index in [0.717, 1.165) is 33.4 Å². The number of aromatic nitrogens is 1. The maximum Gasteiger partial charge on any atom is 0.433 e. The predicted molar refractivity (Wildman–Crippen MR) is 116 cm³/mol. The molecule has 1 N–H and O–H groups in total. The third-order valence-electron chi connectivity index (χ3n) is 5.38. The van der Waals surface area contributed by atoms with Crippen LogP contribution in [0.15, 0.2) is 40.6 Å². The van der Waals surface area contributed by atoms with Gasteiger partial charge in [0.05, 0.1) is 27.7 Å². The second-order valence-corrected chi connectivity index (χ2v) is 10.6. The number of benzene rings is 1. The van der Waals surface area contributed by atoms with Crippen molar-refractivity contribution in [2.75, 3.05) is 9.62 Å². The van der Waals surface area contributed by atoms with Crippen LogP contribution in [0.5, 0.6) is 0 Å². The second-order valence-electron chi connectivity index (χ2n) is 7.78. The summed E-state index contributed by atoms with van der Waals surface area (Å²) in [7, 11) is -4.34. The molecule has 33 heavy (non-hydrogen) atoms. The van der Waals surface area contributed by atoms with Gasteiger partial charge in [0.2, 0.25) is 0 Å². The number of hydrogen-bond acceptors (Lipinski definition) is 5. The molecule has 0 unspecified atom stereocenters. The molecule has 12 heteroatoms. The van der Waals surface area contributed by atoms with Crippen molar-refractivity contribution in [1.82, 2.24) is 4.98 Å². The van der Waals surface area contributed by atoms with Gasteiger partial charge in [-0.25, -0.2) is 22.2 Å². The van der Waals surface area contributed by atoms with E-state index in [0.29, 0.717) is 23.8 Å². The van der Waals surface area contributed by atoms with Gasteiger partial charge in [0.25, 0.3) is 15.9 Å². The third kappa shape index (κ3) is 4.17. The minimum Gasteiger partial charge on any atom is -0.338 e. The van der Waals surface area contributed by atoms with Crippen LogP contribution in [0.25, 0.3) is 0 Å². The molecule has 5 nitrogen and oxygen atoms in total. The number of aryl methyl sites for hydroxylation is 1. The van der Waals surface area contributed by atoms with Crippen LogP contribution in [0.2, 0.25) is 0 Å². The summed E-state index contributed by atoms with van der Waals surface area (Å²) in [5.41, 5.74) is 0.862. The Bertz CT molecular complexity index is 1340. The Morgan fingerprint density at radius 2 is 1.79 bits per heavy atom. The van der Waals surface area contributed by atoms with Gasteiger partial charge in [0.1, 0.15) is 11.5 Å². The standard InChI is InChI=1S/C21H18F5N3O2S2/c1-11-4-6-15-18(12(11)2)29(33(30,31)14-8-17(32-10-14)20(3,22)23)9-13-5-7-16(21(24,25)26)28-19(13)27-15/h4-8,10H,9H2,1-3H3,(H,27,28). The molecule has 4 rings (SSSR count). The number of fused-ring (bicyclic) bond motifs is 2. The minimum atomic E-state index is -4.68. The fraction of sp³-hybridized carbons (Fsp3) is 0.286. The van der Waals surface area contributed by atoms with Gasteiger partial charge < -0.3 is 5.32 Å². The molecule has 3 aromatic rings. The molecule has 1 aromatic carbocycles. The van der Waals surface area contributed by atoms with E-state index < -0.39 is 32.7 Å². The van der Waals surface area contributed by atoms with Gasteiger partial charge in [-0.2, -0.15) is 13.2 Å². The molecule has 1 aliphatic rings. The zero-order chi connectivity index (χ0) is 24.3. The number of anilines is 3. The lowest BCUT2D eigenvalue weighted by Crippen LogP contribution is -2.31. The summed E-state index contributed by atoms with van der Waals surface area (Å²) in [5, 5.41) is 3.97. The molecule has 0 fully saturated rings. The van der Waals surface area contributed by atoms with Crippen LogP contribution < -0.4 is 9.62 Å². The highest BCUT2D eigenvalue weighted by atomic mass is 32.2. The topological polar surface area (TPSA) is 62.3 Å². The van der Waals surface area contributed by atoms with Crippen LogP contribution in [0.1, 0.15) is 34.2 Å². The Hall–Kier alpha value is -2.73. The van der Waals surface area contributed by atoms with Gasteiger partial charge in [-0.3, -0.25) is 4.31 Å². The maximum atomic E-state index is 13.7. The van der Waals surface area contributed by atoms with E-state index in [4.69, 9.17) is 0 Å². The van der Waals surface area contributed by atoms with Crippen LogP contribution >= 0.6 is 11.3 Å². The number of thiophene rings is 1. The van der Waals surface area contributed by atoms with Crippen molar-refractivity contribution in [3.8, 4) is 0 Å². The summed E-state index contributed by atoms with van der Waals surface area (Å²) in [5.74, 6) is -3.34. The van der Waals surface area contributed by atoms with Gasteiger partial charge in [-0.1, -0.05) is 12.1 Å². The number of nitrogens with zero attached hydrogens (tertiary/aromatic N) is 2. The van der Waals surface area contributed by atoms with Crippen molar-refractivity contribution in [1.29, 1.82) is 0 Å². The Balaban J connectivity index is 1.91. The summed E-state index contributed by atoms with van der Waals surface area (Å²) in [6.45, 7) is 3.79. The van der Waals surface area contributed by atoms with Crippen LogP contribution in [0.3, 0.4) is 0 Å². The molecule has 0 bridgehead atoms. The van der Waals surface area contributed by atoms with E-state index in [1.165, 1.54) is 0 Å². The Morgan fingerprint density at radius 1 is 1.09 bits per heavy atom. The van der Waals surface area contributed by atoms with Gasteiger partial charge in [-0.05, 0) is 43.2 Å². The lowest BCUT2D eigenvalue weighted by atomic mass is 10.1. The van der Waals surface area contributed by atoms with Gasteiger partial charge in [-0.15, -0.1) is 11.3 Å². The van der Waals surface area contributed by atoms with Gasteiger partial charge in [0, 0.05) is 17.9 Å². The van der Waals surface area contributed by atoms with Crippen molar-refractivity contribution < 1.29 is 30.4 Å². The van der Waals surface area contributed by atoms with E-state index in [1.54, 1.807) is 26.0 Å². The normalized spacial score (nSPS) is 14.4. The lowest BCUT2D eigenvalue weighted by molar-refractivity contribution is -0.141. The Kier molecular flexibility index (Phi) is 5.44. The molecule has 0 aliphatic carbocycles. The summed E-state index contributed by atoms with van der Waals surface area (Å²) >= 11 is 0.623. The van der Waals surface area contributed by atoms with E-state index in [1.807, 2.05) is 0 Å². The first-order valence-corrected chi connectivity index (χ1v) is 12.0. The summed E-state index contributed by atoms with van der Waals surface area (Å²) in [6.07, 6.45) is -4.68. The van der Waals surface area contributed by atoms with Crippen molar-refractivity contribution in [3.63, 3.8) is 0 Å². The fourth-order valence-corrected chi connectivity index (χ4v) is 6.21. The SMILES string of the molecule is Cc1ccc2c(c1C)N(S(=O)(=O)c1csc(C(C)(F)F)c1)Cc1ccc(C(F)(F)F)nc1N2. The lowest BCUT2D eigenvalue weighted by Gasteiger charge is -2.26. The summed E-state index contributed by atoms with van der Waals surface area (Å²) < 4.78 is 95.3. The number of sulfonamides is 1. The van der Waals surface area contributed by atoms with Crippen LogP contribution in [0, 0.1) is 13.8 Å². The second kappa shape index (κ2) is 7.66. The molecular weight excluding hydrogens is 485 g/mol. The highest BCUT2D eigenvalue weighted by molar-refractivity contribution is 7.93. The van der Waals surface area contributed by atoms with E-state index in [2.05, 4.69) is 10.3 Å². The monoisotopic (exact) mass is 503 g/mol. The highest BCUT2D eigenvalue weighted by Crippen LogP contribution is 2.43. The molecule has 3 heterocycles. The molecule has 0 saturated heterocycles. The Labute approximate surface area is 190 Å². The number of rotatable bonds is 3. The molecule has 0 atom stereocenters. The van der Waals surface area contributed by atoms with Gasteiger partial charge in [0.15, 0.2) is 0 Å². The maximum absolute atomic E-state index is 13.7. The molecule has 1 aliphatic heterocycles. The molecule has 0 amide bonds. The number of alkyl halides is 5. The van der Waals surface area contributed by atoms with Crippen LogP contribution in [-0.2, 0) is 28.7 Å². The number of hydrogen-bond donors (Lipinski definition) is 1. The highest BCUT2D eigenvalue weighted by Gasteiger charge is 2.37. The molecule has 0 spiro atoms. The van der Waals surface area contributed by atoms with Crippen molar-refractivity contribution in [2.24, 2.45) is 0 Å². The largest absolute Gasteiger partial charge is 0.433 e. The Morgan fingerprint density at radius 3 is 2.39 bits per heavy atom. The molecular formula is C21H18F5N3O2S2. The molecule has 176 valence electrons. The number of pyridine rings is 1. The molecule has 0 saturated carbocycles. The molecule has 2 aromatic heterocycles. The first-order chi connectivity index (χ1) is 15.2. The van der Waals surface area contributed by atoms with E-state index in [9.17, 15) is 30.4 Å². The number of nitrogens with one attached hydrogen (secondary N) is 1. The zero-order valence-electron chi connectivity index (χ0n) is 17.6. The van der Waals surface area contributed by atoms with Crippen molar-refractivity contribution >= 4 is 38.6 Å². The minimum absolute atomic E-state index is 0.127. The fourth-order valence-electron chi connectivity index (χ4n) is 3.48. The third-order valence-corrected chi connectivity index (χ3v) is 8.36. The summed E-state index contributed by atoms with van der Waals surface area (Å²) in [4.78, 5) is 2.94. The van der Waals surface area contributed by atoms with Crippen LogP contribution in [-0.4, -0.2) is 13.4 Å². The van der Waals surface area contributed by atoms with Crippen LogP contribution in [0.4, 0.5) is 39.1 Å². The number of halogens is 5. The predicted octanol–water partition coefficient (Wildman–Crippen LogP) is 6.34.